The van der Waals surface area contributed by atoms with E-state index in [4.69, 9.17) is 9.47 Å². The molecule has 0 bridgehead atoms. The molecule has 0 aromatic rings. The molecule has 2 saturated carbocycles. The smallest absolute Gasteiger partial charge is 0.336 e. The first-order chi connectivity index (χ1) is 9.34. The average Bonchev–Trinajstić information content (AvgIpc) is 2.60. The Morgan fingerprint density at radius 2 is 2.10 bits per heavy atom. The Morgan fingerprint density at radius 1 is 1.40 bits per heavy atom. The van der Waals surface area contributed by atoms with Crippen LogP contribution < -0.4 is 0 Å². The first kappa shape index (κ1) is 14.1. The van der Waals surface area contributed by atoms with Crippen LogP contribution >= 0.6 is 0 Å². The first-order valence-corrected chi connectivity index (χ1v) is 7.54. The maximum absolute atomic E-state index is 11.9. The molecule has 1 N–H and O–H groups in total. The highest BCUT2D eigenvalue weighted by molar-refractivity contribution is 5.92. The van der Waals surface area contributed by atoms with Crippen LogP contribution in [0.3, 0.4) is 0 Å². The molecular weight excluding hydrogens is 256 g/mol. The molecule has 0 aromatic heterocycles. The molecule has 20 heavy (non-hydrogen) atoms. The van der Waals surface area contributed by atoms with Gasteiger partial charge >= 0.3 is 5.97 Å². The highest BCUT2D eigenvalue weighted by atomic mass is 16.7. The van der Waals surface area contributed by atoms with Crippen molar-refractivity contribution in [2.45, 2.75) is 58.3 Å². The van der Waals surface area contributed by atoms with Gasteiger partial charge in [-0.15, -0.1) is 0 Å². The first-order valence-electron chi connectivity index (χ1n) is 7.54. The van der Waals surface area contributed by atoms with Crippen LogP contribution in [0.4, 0.5) is 0 Å². The average molecular weight is 280 g/mol. The number of hydrogen-bond donors (Lipinski definition) is 1. The van der Waals surface area contributed by atoms with E-state index in [1.165, 1.54) is 12.8 Å². The van der Waals surface area contributed by atoms with Crippen LogP contribution in [-0.2, 0) is 14.3 Å². The third kappa shape index (κ3) is 1.58. The minimum absolute atomic E-state index is 0.0379. The number of fused-ring (bicyclic) bond motifs is 2. The molecule has 0 radical (unpaired) electrons. The zero-order chi connectivity index (χ0) is 14.7. The topological polar surface area (TPSA) is 55.8 Å². The number of carbonyl (C=O) groups is 1. The largest absolute Gasteiger partial charge is 0.426 e. The van der Waals surface area contributed by atoms with Gasteiger partial charge in [0.25, 0.3) is 0 Å². The second-order valence-electron chi connectivity index (χ2n) is 6.93. The Morgan fingerprint density at radius 3 is 2.75 bits per heavy atom. The Labute approximate surface area is 120 Å². The van der Waals surface area contributed by atoms with Crippen LogP contribution in [0.15, 0.2) is 11.1 Å². The minimum atomic E-state index is -1.44. The van der Waals surface area contributed by atoms with Crippen LogP contribution in [0.25, 0.3) is 0 Å². The quantitative estimate of drug-likeness (QED) is 0.749. The minimum Gasteiger partial charge on any atom is -0.426 e. The molecule has 3 rings (SSSR count). The molecule has 112 valence electrons. The SMILES string of the molecule is CO[C@@H]1C2=C(C)C(=O)O[C@@]2(O)CC2CCC[C@H](C)[C@]21C. The third-order valence-corrected chi connectivity index (χ3v) is 6.11. The second-order valence-corrected chi connectivity index (χ2v) is 6.93. The predicted octanol–water partition coefficient (Wildman–Crippen LogP) is 2.41. The number of methoxy groups -OCH3 is 1. The summed E-state index contributed by atoms with van der Waals surface area (Å²) in [5, 5.41) is 10.8. The van der Waals surface area contributed by atoms with E-state index in [9.17, 15) is 9.90 Å². The van der Waals surface area contributed by atoms with Gasteiger partial charge in [0.15, 0.2) is 0 Å². The molecule has 3 aliphatic rings. The number of esters is 1. The molecule has 1 aliphatic heterocycles. The van der Waals surface area contributed by atoms with Crippen molar-refractivity contribution in [1.29, 1.82) is 0 Å². The molecule has 2 fully saturated rings. The van der Waals surface area contributed by atoms with E-state index >= 15 is 0 Å². The zero-order valence-corrected chi connectivity index (χ0v) is 12.7. The third-order valence-electron chi connectivity index (χ3n) is 6.11. The van der Waals surface area contributed by atoms with Gasteiger partial charge in [-0.05, 0) is 25.2 Å². The number of rotatable bonds is 1. The lowest BCUT2D eigenvalue weighted by Crippen LogP contribution is -2.58. The van der Waals surface area contributed by atoms with E-state index in [0.29, 0.717) is 29.4 Å². The fraction of sp³-hybridized carbons (Fsp3) is 0.812. The maximum atomic E-state index is 11.9. The predicted molar refractivity (Wildman–Crippen MR) is 73.8 cm³/mol. The summed E-state index contributed by atoms with van der Waals surface area (Å²) in [6.07, 6.45) is 3.67. The van der Waals surface area contributed by atoms with E-state index in [1.807, 2.05) is 0 Å². The van der Waals surface area contributed by atoms with E-state index in [1.54, 1.807) is 14.0 Å². The summed E-state index contributed by atoms with van der Waals surface area (Å²) in [6, 6.07) is 0. The van der Waals surface area contributed by atoms with Gasteiger partial charge in [0, 0.05) is 30.1 Å². The summed E-state index contributed by atoms with van der Waals surface area (Å²) in [5.41, 5.74) is 1.15. The van der Waals surface area contributed by atoms with Crippen molar-refractivity contribution in [1.82, 2.24) is 0 Å². The lowest BCUT2D eigenvalue weighted by molar-refractivity contribution is -0.224. The van der Waals surface area contributed by atoms with E-state index in [0.717, 1.165) is 6.42 Å². The summed E-state index contributed by atoms with van der Waals surface area (Å²) < 4.78 is 11.1. The molecule has 2 aliphatic carbocycles. The van der Waals surface area contributed by atoms with E-state index in [-0.39, 0.29) is 11.5 Å². The lowest BCUT2D eigenvalue weighted by Gasteiger charge is -2.56. The van der Waals surface area contributed by atoms with Crippen molar-refractivity contribution in [3.63, 3.8) is 0 Å². The van der Waals surface area contributed by atoms with Crippen molar-refractivity contribution in [3.05, 3.63) is 11.1 Å². The molecule has 0 amide bonds. The van der Waals surface area contributed by atoms with Gasteiger partial charge in [0.1, 0.15) is 0 Å². The van der Waals surface area contributed by atoms with Crippen molar-refractivity contribution in [3.8, 4) is 0 Å². The summed E-state index contributed by atoms with van der Waals surface area (Å²) in [4.78, 5) is 11.9. The van der Waals surface area contributed by atoms with Crippen LogP contribution in [0.2, 0.25) is 0 Å². The summed E-state index contributed by atoms with van der Waals surface area (Å²) in [5.74, 6) is -1.02. The molecule has 5 atom stereocenters. The van der Waals surface area contributed by atoms with Gasteiger partial charge in [-0.1, -0.05) is 26.7 Å². The highest BCUT2D eigenvalue weighted by Gasteiger charge is 2.63. The molecule has 0 aromatic carbocycles. The fourth-order valence-corrected chi connectivity index (χ4v) is 4.75. The van der Waals surface area contributed by atoms with Crippen molar-refractivity contribution in [2.24, 2.45) is 17.3 Å². The molecule has 0 spiro atoms. The van der Waals surface area contributed by atoms with Crippen LogP contribution in [-0.4, -0.2) is 30.1 Å². The van der Waals surface area contributed by atoms with Crippen molar-refractivity contribution < 1.29 is 19.4 Å². The number of hydrogen-bond acceptors (Lipinski definition) is 4. The summed E-state index contributed by atoms with van der Waals surface area (Å²) >= 11 is 0. The molecule has 4 heteroatoms. The molecule has 1 unspecified atom stereocenters. The van der Waals surface area contributed by atoms with Gasteiger partial charge in [-0.3, -0.25) is 0 Å². The van der Waals surface area contributed by atoms with Crippen LogP contribution in [0, 0.1) is 17.3 Å². The Kier molecular flexibility index (Phi) is 3.04. The Balaban J connectivity index is 2.13. The van der Waals surface area contributed by atoms with E-state index in [2.05, 4.69) is 13.8 Å². The second kappa shape index (κ2) is 4.31. The van der Waals surface area contributed by atoms with Gasteiger partial charge in [-0.25, -0.2) is 4.79 Å². The van der Waals surface area contributed by atoms with E-state index < -0.39 is 11.8 Å². The molecule has 1 heterocycles. The maximum Gasteiger partial charge on any atom is 0.336 e. The number of aliphatic hydroxyl groups is 1. The van der Waals surface area contributed by atoms with Gasteiger partial charge in [0.05, 0.1) is 6.10 Å². The Bertz CT molecular complexity index is 483. The van der Waals surface area contributed by atoms with Gasteiger partial charge in [0.2, 0.25) is 5.79 Å². The van der Waals surface area contributed by atoms with Crippen molar-refractivity contribution in [2.75, 3.05) is 7.11 Å². The lowest BCUT2D eigenvalue weighted by atomic mass is 9.52. The summed E-state index contributed by atoms with van der Waals surface area (Å²) in [7, 11) is 1.67. The number of carbonyl (C=O) groups excluding carboxylic acids is 1. The molecule has 4 nitrogen and oxygen atoms in total. The van der Waals surface area contributed by atoms with Gasteiger partial charge < -0.3 is 14.6 Å². The standard InChI is InChI=1S/C16H24O4/c1-9-6-5-7-11-8-16(18)12(10(2)14(17)20-16)13(19-4)15(9,11)3/h9,11,13,18H,5-8H2,1-4H3/t9-,11?,13+,15+,16-/m0/s1. The fourth-order valence-electron chi connectivity index (χ4n) is 4.75. The molecule has 0 saturated heterocycles. The monoisotopic (exact) mass is 280 g/mol. The number of ether oxygens (including phenoxy) is 2. The summed E-state index contributed by atoms with van der Waals surface area (Å²) in [6.45, 7) is 6.24. The zero-order valence-electron chi connectivity index (χ0n) is 12.7. The molecular formula is C16H24O4. The highest BCUT2D eigenvalue weighted by Crippen LogP contribution is 2.60. The van der Waals surface area contributed by atoms with Crippen LogP contribution in [0.5, 0.6) is 0 Å². The Hall–Kier alpha value is -0.870. The normalized spacial score (nSPS) is 47.9. The van der Waals surface area contributed by atoms with Gasteiger partial charge in [-0.2, -0.15) is 0 Å². The van der Waals surface area contributed by atoms with Crippen molar-refractivity contribution >= 4 is 5.97 Å². The van der Waals surface area contributed by atoms with Crippen LogP contribution in [0.1, 0.15) is 46.5 Å².